The van der Waals surface area contributed by atoms with E-state index in [4.69, 9.17) is 5.73 Å². The smallest absolute Gasteiger partial charge is 0.251 e. The Labute approximate surface area is 110 Å². The number of nitrogens with two attached hydrogens (primary N) is 1. The number of rotatable bonds is 3. The van der Waals surface area contributed by atoms with Crippen molar-refractivity contribution in [2.24, 2.45) is 5.73 Å². The van der Waals surface area contributed by atoms with Gasteiger partial charge in [0.1, 0.15) is 0 Å². The Balaban J connectivity index is 2.11. The minimum Gasteiger partial charge on any atom is -0.366 e. The zero-order valence-electron chi connectivity index (χ0n) is 10.6. The van der Waals surface area contributed by atoms with E-state index in [2.05, 4.69) is 4.98 Å². The maximum absolute atomic E-state index is 14.3. The summed E-state index contributed by atoms with van der Waals surface area (Å²) in [5.41, 5.74) is 7.13. The molecule has 1 heterocycles. The average Bonchev–Trinajstić information content (AvgIpc) is 3.09. The molecule has 0 atom stereocenters. The molecule has 1 aromatic heterocycles. The summed E-state index contributed by atoms with van der Waals surface area (Å²) in [6, 6.07) is 3.10. The molecular weight excluding hydrogens is 245 g/mol. The summed E-state index contributed by atoms with van der Waals surface area (Å²) in [7, 11) is 0. The van der Waals surface area contributed by atoms with Gasteiger partial charge in [0.2, 0.25) is 0 Å². The van der Waals surface area contributed by atoms with E-state index in [1.165, 1.54) is 6.07 Å². The highest BCUT2D eigenvalue weighted by atomic mass is 19.1. The lowest BCUT2D eigenvalue weighted by Gasteiger charge is -2.10. The third kappa shape index (κ3) is 2.01. The first-order valence-corrected chi connectivity index (χ1v) is 6.21. The van der Waals surface area contributed by atoms with Crippen LogP contribution in [-0.2, 0) is 0 Å². The van der Waals surface area contributed by atoms with Crippen LogP contribution in [0.4, 0.5) is 4.39 Å². The van der Waals surface area contributed by atoms with Crippen molar-refractivity contribution in [1.29, 1.82) is 0 Å². The second kappa shape index (κ2) is 4.19. The Morgan fingerprint density at radius 1 is 1.47 bits per heavy atom. The van der Waals surface area contributed by atoms with Gasteiger partial charge in [-0.1, -0.05) is 6.07 Å². The number of aryl methyl sites for hydroxylation is 1. The fourth-order valence-electron chi connectivity index (χ4n) is 2.22. The molecule has 1 fully saturated rings. The van der Waals surface area contributed by atoms with E-state index in [1.54, 1.807) is 23.9 Å². The fraction of sp³-hybridized carbons (Fsp3) is 0.286. The van der Waals surface area contributed by atoms with Crippen molar-refractivity contribution in [3.63, 3.8) is 0 Å². The maximum Gasteiger partial charge on any atom is 0.251 e. The normalized spacial score (nSPS) is 14.6. The van der Waals surface area contributed by atoms with Crippen LogP contribution in [0.25, 0.3) is 5.69 Å². The zero-order chi connectivity index (χ0) is 13.6. The number of carbonyl (C=O) groups is 1. The first-order valence-electron chi connectivity index (χ1n) is 6.21. The molecule has 19 heavy (non-hydrogen) atoms. The van der Waals surface area contributed by atoms with Crippen molar-refractivity contribution in [3.05, 3.63) is 47.3 Å². The predicted octanol–water partition coefficient (Wildman–Crippen LogP) is 2.30. The van der Waals surface area contributed by atoms with Crippen molar-refractivity contribution in [2.45, 2.75) is 25.7 Å². The molecule has 0 unspecified atom stereocenters. The van der Waals surface area contributed by atoms with Gasteiger partial charge in [-0.3, -0.25) is 4.79 Å². The second-order valence-corrected chi connectivity index (χ2v) is 4.94. The van der Waals surface area contributed by atoms with Gasteiger partial charge in [0.25, 0.3) is 5.91 Å². The average molecular weight is 259 g/mol. The summed E-state index contributed by atoms with van der Waals surface area (Å²) in [5.74, 6) is -0.850. The van der Waals surface area contributed by atoms with Gasteiger partial charge >= 0.3 is 0 Å². The third-order valence-corrected chi connectivity index (χ3v) is 3.44. The first kappa shape index (κ1) is 11.9. The van der Waals surface area contributed by atoms with E-state index in [-0.39, 0.29) is 5.56 Å². The zero-order valence-corrected chi connectivity index (χ0v) is 10.6. The molecule has 0 radical (unpaired) electrons. The predicted molar refractivity (Wildman–Crippen MR) is 68.8 cm³/mol. The summed E-state index contributed by atoms with van der Waals surface area (Å²) < 4.78 is 16.0. The highest BCUT2D eigenvalue weighted by Crippen LogP contribution is 2.39. The molecule has 0 bridgehead atoms. The Morgan fingerprint density at radius 2 is 2.21 bits per heavy atom. The van der Waals surface area contributed by atoms with Crippen molar-refractivity contribution >= 4 is 5.91 Å². The lowest BCUT2D eigenvalue weighted by molar-refractivity contribution is 0.0996. The third-order valence-electron chi connectivity index (χ3n) is 3.44. The van der Waals surface area contributed by atoms with Crippen LogP contribution in [-0.4, -0.2) is 15.5 Å². The van der Waals surface area contributed by atoms with E-state index in [0.717, 1.165) is 24.1 Å². The Hall–Kier alpha value is -2.17. The largest absolute Gasteiger partial charge is 0.366 e. The molecular formula is C14H14FN3O. The summed E-state index contributed by atoms with van der Waals surface area (Å²) in [6.07, 6.45) is 5.69. The number of carbonyl (C=O) groups excluding carboxylic acids is 1. The van der Waals surface area contributed by atoms with E-state index < -0.39 is 11.7 Å². The number of hydrogen-bond acceptors (Lipinski definition) is 2. The van der Waals surface area contributed by atoms with Crippen LogP contribution in [0.2, 0.25) is 0 Å². The van der Waals surface area contributed by atoms with Crippen molar-refractivity contribution < 1.29 is 9.18 Å². The lowest BCUT2D eigenvalue weighted by Crippen LogP contribution is -2.15. The van der Waals surface area contributed by atoms with Crippen molar-refractivity contribution in [3.8, 4) is 5.69 Å². The highest BCUT2D eigenvalue weighted by Gasteiger charge is 2.26. The number of nitrogens with zero attached hydrogens (tertiary/aromatic N) is 2. The van der Waals surface area contributed by atoms with Crippen LogP contribution in [0, 0.1) is 12.7 Å². The van der Waals surface area contributed by atoms with Gasteiger partial charge in [-0.15, -0.1) is 0 Å². The summed E-state index contributed by atoms with van der Waals surface area (Å²) in [4.78, 5) is 15.5. The SMILES string of the molecule is Cc1ccc(C(N)=O)c(F)c1-n1cnc(C2CC2)c1. The Bertz CT molecular complexity index is 659. The van der Waals surface area contributed by atoms with Crippen LogP contribution in [0.15, 0.2) is 24.7 Å². The number of halogens is 1. The second-order valence-electron chi connectivity index (χ2n) is 4.94. The van der Waals surface area contributed by atoms with Crippen LogP contribution >= 0.6 is 0 Å². The number of amides is 1. The molecule has 0 spiro atoms. The van der Waals surface area contributed by atoms with Gasteiger partial charge in [0.15, 0.2) is 5.82 Å². The first-order chi connectivity index (χ1) is 9.08. The molecule has 1 saturated carbocycles. The molecule has 5 heteroatoms. The van der Waals surface area contributed by atoms with Gasteiger partial charge in [-0.05, 0) is 31.4 Å². The van der Waals surface area contributed by atoms with E-state index in [1.807, 2.05) is 6.20 Å². The quantitative estimate of drug-likeness (QED) is 0.919. The topological polar surface area (TPSA) is 60.9 Å². The van der Waals surface area contributed by atoms with Crippen LogP contribution in [0.3, 0.4) is 0 Å². The van der Waals surface area contributed by atoms with Crippen LogP contribution < -0.4 is 5.73 Å². The molecule has 1 aliphatic rings. The fourth-order valence-corrected chi connectivity index (χ4v) is 2.22. The van der Waals surface area contributed by atoms with Gasteiger partial charge in [0.05, 0.1) is 23.3 Å². The van der Waals surface area contributed by atoms with E-state index in [0.29, 0.717) is 11.6 Å². The van der Waals surface area contributed by atoms with Crippen LogP contribution in [0.1, 0.15) is 40.4 Å². The molecule has 0 saturated heterocycles. The Kier molecular flexibility index (Phi) is 2.62. The van der Waals surface area contributed by atoms with E-state index in [9.17, 15) is 9.18 Å². The Morgan fingerprint density at radius 3 is 2.84 bits per heavy atom. The summed E-state index contributed by atoms with van der Waals surface area (Å²) in [6.45, 7) is 1.79. The molecule has 98 valence electrons. The number of benzene rings is 1. The monoisotopic (exact) mass is 259 g/mol. The number of primary amides is 1. The molecule has 1 aliphatic carbocycles. The molecule has 0 aliphatic heterocycles. The molecule has 3 rings (SSSR count). The highest BCUT2D eigenvalue weighted by molar-refractivity contribution is 5.93. The standard InChI is InChI=1S/C14H14FN3O/c1-8-2-5-10(14(16)19)12(15)13(8)18-6-11(17-7-18)9-3-4-9/h2,5-7,9H,3-4H2,1H3,(H2,16,19). The molecule has 1 aromatic carbocycles. The minimum atomic E-state index is -0.763. The maximum atomic E-state index is 14.3. The van der Waals surface area contributed by atoms with E-state index >= 15 is 0 Å². The number of aromatic nitrogens is 2. The number of hydrogen-bond donors (Lipinski definition) is 1. The van der Waals surface area contributed by atoms with Crippen molar-refractivity contribution in [2.75, 3.05) is 0 Å². The molecule has 2 aromatic rings. The van der Waals surface area contributed by atoms with Crippen LogP contribution in [0.5, 0.6) is 0 Å². The summed E-state index contributed by atoms with van der Waals surface area (Å²) >= 11 is 0. The molecule has 2 N–H and O–H groups in total. The van der Waals surface area contributed by atoms with Gasteiger partial charge in [0, 0.05) is 12.1 Å². The molecule has 1 amide bonds. The number of imidazole rings is 1. The van der Waals surface area contributed by atoms with Gasteiger partial charge in [-0.25, -0.2) is 9.37 Å². The van der Waals surface area contributed by atoms with Crippen molar-refractivity contribution in [1.82, 2.24) is 9.55 Å². The minimum absolute atomic E-state index is 0.0951. The van der Waals surface area contributed by atoms with Gasteiger partial charge in [-0.2, -0.15) is 0 Å². The lowest BCUT2D eigenvalue weighted by atomic mass is 10.1. The summed E-state index contributed by atoms with van der Waals surface area (Å²) in [5, 5.41) is 0. The molecule has 4 nitrogen and oxygen atoms in total. The van der Waals surface area contributed by atoms with Gasteiger partial charge < -0.3 is 10.3 Å².